The first-order valence-corrected chi connectivity index (χ1v) is 11.5. The summed E-state index contributed by atoms with van der Waals surface area (Å²) in [5, 5.41) is 12.2. The second kappa shape index (κ2) is 7.70. The van der Waals surface area contributed by atoms with E-state index in [0.29, 0.717) is 17.5 Å². The number of rotatable bonds is 3. The number of anilines is 1. The maximum Gasteiger partial charge on any atom is 0.252 e. The highest BCUT2D eigenvalue weighted by Gasteiger charge is 2.33. The van der Waals surface area contributed by atoms with Crippen LogP contribution in [0.4, 0.5) is 5.82 Å². The summed E-state index contributed by atoms with van der Waals surface area (Å²) in [4.78, 5) is 21.8. The Hall–Kier alpha value is -2.97. The van der Waals surface area contributed by atoms with Gasteiger partial charge in [0.05, 0.1) is 16.7 Å². The van der Waals surface area contributed by atoms with Crippen LogP contribution in [0.25, 0.3) is 17.2 Å². The van der Waals surface area contributed by atoms with Crippen molar-refractivity contribution in [1.82, 2.24) is 19.7 Å². The van der Waals surface area contributed by atoms with Crippen LogP contribution in [0, 0.1) is 13.8 Å². The molecule has 0 bridgehead atoms. The monoisotopic (exact) mass is 433 g/mol. The molecule has 6 nitrogen and oxygen atoms in total. The van der Waals surface area contributed by atoms with Gasteiger partial charge >= 0.3 is 0 Å². The second-order valence-corrected chi connectivity index (χ2v) is 9.01. The lowest BCUT2D eigenvalue weighted by atomic mass is 10.0. The number of thiophene rings is 1. The summed E-state index contributed by atoms with van der Waals surface area (Å²) in [7, 11) is 0. The van der Waals surface area contributed by atoms with Crippen molar-refractivity contribution in [2.45, 2.75) is 19.1 Å². The number of carbonyl (C=O) groups excluding carboxylic acids is 1. The number of nitrogens with one attached hydrogen (secondary N) is 1. The number of nitrogens with zero attached hydrogens (tertiary/aromatic N) is 4. The van der Waals surface area contributed by atoms with E-state index < -0.39 is 0 Å². The molecule has 0 spiro atoms. The molecule has 1 atom stereocenters. The molecule has 0 radical (unpaired) electrons. The Kier molecular flexibility index (Phi) is 4.88. The molecular weight excluding hydrogens is 414 g/mol. The SMILES string of the molecule is Cc1cc(C)nc(-n2nc(-c3ccccc3)c3c2NC(=O)CS[C@H]3c2ccsc2)n1. The first-order chi connectivity index (χ1) is 14.6. The van der Waals surface area contributed by atoms with Crippen molar-refractivity contribution in [3.63, 3.8) is 0 Å². The third-order valence-corrected chi connectivity index (χ3v) is 6.85. The number of thioether (sulfide) groups is 1. The van der Waals surface area contributed by atoms with Crippen molar-refractivity contribution < 1.29 is 4.79 Å². The molecule has 0 unspecified atom stereocenters. The van der Waals surface area contributed by atoms with Gasteiger partial charge in [-0.05, 0) is 42.3 Å². The summed E-state index contributed by atoms with van der Waals surface area (Å²) in [6, 6.07) is 14.1. The van der Waals surface area contributed by atoms with Crippen LogP contribution in [-0.2, 0) is 4.79 Å². The molecule has 30 heavy (non-hydrogen) atoms. The fourth-order valence-electron chi connectivity index (χ4n) is 3.65. The molecular formula is C22H19N5OS2. The lowest BCUT2D eigenvalue weighted by Crippen LogP contribution is -2.17. The highest BCUT2D eigenvalue weighted by Crippen LogP contribution is 2.47. The standard InChI is InChI=1S/C22H19N5OS2/c1-13-10-14(2)24-22(23-13)27-21-18(19(26-27)15-6-4-3-5-7-15)20(16-8-9-29-11-16)30-12-17(28)25-21/h3-11,20H,12H2,1-2H3,(H,25,28)/t20-/m0/s1. The van der Waals surface area contributed by atoms with Crippen LogP contribution in [0.3, 0.4) is 0 Å². The van der Waals surface area contributed by atoms with Crippen LogP contribution in [0.15, 0.2) is 53.2 Å². The van der Waals surface area contributed by atoms with E-state index in [-0.39, 0.29) is 11.2 Å². The Morgan fingerprint density at radius 3 is 2.57 bits per heavy atom. The molecule has 4 aromatic rings. The first kappa shape index (κ1) is 19.0. The van der Waals surface area contributed by atoms with Crippen LogP contribution in [-0.4, -0.2) is 31.4 Å². The fraction of sp³-hybridized carbons (Fsp3) is 0.182. The van der Waals surface area contributed by atoms with Gasteiger partial charge < -0.3 is 5.32 Å². The largest absolute Gasteiger partial charge is 0.309 e. The highest BCUT2D eigenvalue weighted by atomic mass is 32.2. The van der Waals surface area contributed by atoms with Crippen molar-refractivity contribution in [2.24, 2.45) is 0 Å². The Morgan fingerprint density at radius 2 is 1.87 bits per heavy atom. The summed E-state index contributed by atoms with van der Waals surface area (Å²) in [5.74, 6) is 1.42. The lowest BCUT2D eigenvalue weighted by Gasteiger charge is -2.14. The molecule has 0 aliphatic carbocycles. The van der Waals surface area contributed by atoms with Gasteiger partial charge in [0, 0.05) is 22.5 Å². The number of benzene rings is 1. The molecule has 150 valence electrons. The van der Waals surface area contributed by atoms with E-state index in [1.54, 1.807) is 27.8 Å². The van der Waals surface area contributed by atoms with E-state index >= 15 is 0 Å². The maximum absolute atomic E-state index is 12.6. The normalized spacial score (nSPS) is 16.1. The molecule has 1 aromatic carbocycles. The average Bonchev–Trinajstić information content (AvgIpc) is 3.34. The molecule has 0 fully saturated rings. The van der Waals surface area contributed by atoms with E-state index in [1.165, 1.54) is 5.56 Å². The van der Waals surface area contributed by atoms with Crippen molar-refractivity contribution in [3.8, 4) is 17.2 Å². The van der Waals surface area contributed by atoms with Crippen LogP contribution in [0.5, 0.6) is 0 Å². The molecule has 1 aliphatic heterocycles. The molecule has 5 rings (SSSR count). The van der Waals surface area contributed by atoms with E-state index in [9.17, 15) is 4.79 Å². The summed E-state index contributed by atoms with van der Waals surface area (Å²) in [6.07, 6.45) is 0. The minimum atomic E-state index is -0.0517. The van der Waals surface area contributed by atoms with Gasteiger partial charge in [-0.15, -0.1) is 11.8 Å². The van der Waals surface area contributed by atoms with Gasteiger partial charge in [0.1, 0.15) is 5.82 Å². The minimum Gasteiger partial charge on any atom is -0.309 e. The first-order valence-electron chi connectivity index (χ1n) is 9.54. The minimum absolute atomic E-state index is 0.0138. The predicted octanol–water partition coefficient (Wildman–Crippen LogP) is 4.78. The summed E-state index contributed by atoms with van der Waals surface area (Å²) in [5.41, 5.74) is 5.69. The number of amides is 1. The quantitative estimate of drug-likeness (QED) is 0.503. The Balaban J connectivity index is 1.81. The highest BCUT2D eigenvalue weighted by molar-refractivity contribution is 8.00. The third kappa shape index (κ3) is 3.42. The Bertz CT molecular complexity index is 1200. The number of aryl methyl sites for hydroxylation is 2. The van der Waals surface area contributed by atoms with E-state index in [2.05, 4.69) is 32.1 Å². The molecule has 4 heterocycles. The molecule has 1 N–H and O–H groups in total. The van der Waals surface area contributed by atoms with Crippen LogP contribution >= 0.6 is 23.1 Å². The summed E-state index contributed by atoms with van der Waals surface area (Å²) < 4.78 is 1.68. The van der Waals surface area contributed by atoms with Crippen LogP contribution in [0.2, 0.25) is 0 Å². The van der Waals surface area contributed by atoms with Gasteiger partial charge in [-0.1, -0.05) is 30.3 Å². The van der Waals surface area contributed by atoms with Crippen LogP contribution in [0.1, 0.15) is 27.8 Å². The van der Waals surface area contributed by atoms with E-state index in [4.69, 9.17) is 5.10 Å². The zero-order valence-corrected chi connectivity index (χ0v) is 18.1. The van der Waals surface area contributed by atoms with Crippen LogP contribution < -0.4 is 5.32 Å². The molecule has 0 saturated heterocycles. The van der Waals surface area contributed by atoms with E-state index in [0.717, 1.165) is 28.2 Å². The van der Waals surface area contributed by atoms with Crippen molar-refractivity contribution in [2.75, 3.05) is 11.1 Å². The number of aromatic nitrogens is 4. The molecule has 1 amide bonds. The van der Waals surface area contributed by atoms with Crippen molar-refractivity contribution >= 4 is 34.8 Å². The molecule has 1 aliphatic rings. The fourth-order valence-corrected chi connectivity index (χ4v) is 5.54. The Labute approximate surface area is 182 Å². The van der Waals surface area contributed by atoms with Gasteiger partial charge in [0.25, 0.3) is 5.95 Å². The zero-order chi connectivity index (χ0) is 20.7. The summed E-state index contributed by atoms with van der Waals surface area (Å²) >= 11 is 3.27. The Morgan fingerprint density at radius 1 is 1.10 bits per heavy atom. The third-order valence-electron chi connectivity index (χ3n) is 4.88. The maximum atomic E-state index is 12.6. The number of hydrogen-bond donors (Lipinski definition) is 1. The van der Waals surface area contributed by atoms with Gasteiger partial charge in [-0.25, -0.2) is 9.97 Å². The molecule has 3 aromatic heterocycles. The number of fused-ring (bicyclic) bond motifs is 1. The average molecular weight is 434 g/mol. The van der Waals surface area contributed by atoms with Gasteiger partial charge in [0.15, 0.2) is 0 Å². The number of hydrogen-bond acceptors (Lipinski definition) is 6. The lowest BCUT2D eigenvalue weighted by molar-refractivity contribution is -0.113. The molecule has 8 heteroatoms. The van der Waals surface area contributed by atoms with Crippen molar-refractivity contribution in [1.29, 1.82) is 0 Å². The van der Waals surface area contributed by atoms with Crippen molar-refractivity contribution in [3.05, 3.63) is 75.7 Å². The van der Waals surface area contributed by atoms with E-state index in [1.807, 2.05) is 50.2 Å². The number of carbonyl (C=O) groups is 1. The molecule has 0 saturated carbocycles. The van der Waals surface area contributed by atoms with Gasteiger partial charge in [0.2, 0.25) is 5.91 Å². The zero-order valence-electron chi connectivity index (χ0n) is 16.5. The van der Waals surface area contributed by atoms with Gasteiger partial charge in [-0.2, -0.15) is 21.1 Å². The predicted molar refractivity (Wildman–Crippen MR) is 121 cm³/mol. The topological polar surface area (TPSA) is 72.7 Å². The second-order valence-electron chi connectivity index (χ2n) is 7.14. The summed E-state index contributed by atoms with van der Waals surface area (Å²) in [6.45, 7) is 3.86. The van der Waals surface area contributed by atoms with Gasteiger partial charge in [-0.3, -0.25) is 4.79 Å². The smallest absolute Gasteiger partial charge is 0.252 e.